The molecule has 0 aromatic carbocycles. The quantitative estimate of drug-likeness (QED) is 0.160. The summed E-state index contributed by atoms with van der Waals surface area (Å²) in [4.78, 5) is 11.1. The largest absolute Gasteiger partial charge is 0.409 e. The van der Waals surface area contributed by atoms with Crippen LogP contribution in [0.5, 0.6) is 0 Å². The van der Waals surface area contributed by atoms with Crippen LogP contribution in [-0.2, 0) is 14.3 Å². The molecule has 0 aromatic rings. The fraction of sp³-hybridized carbons (Fsp3) is 0.778. The molecule has 0 saturated heterocycles. The van der Waals surface area contributed by atoms with Gasteiger partial charge in [-0.25, -0.2) is 0 Å². The molecule has 0 saturated carbocycles. The number of amidine groups is 1. The number of nitrogens with one attached hydrogen (secondary N) is 1. The van der Waals surface area contributed by atoms with Gasteiger partial charge in [0.25, 0.3) is 0 Å². The maximum Gasteiger partial charge on any atom is 0.227 e. The van der Waals surface area contributed by atoms with Gasteiger partial charge in [-0.05, 0) is 6.42 Å². The van der Waals surface area contributed by atoms with Crippen LogP contribution in [0.25, 0.3) is 0 Å². The van der Waals surface area contributed by atoms with Gasteiger partial charge in [0.2, 0.25) is 5.91 Å². The standard InChI is InChI=1S/C9H19N3O4/c1-15-5-6-16-4-2-3-11-9(13)7-8(10)12-14/h14H,2-7H2,1H3,(H2,10,12)(H,11,13). The van der Waals surface area contributed by atoms with Crippen molar-refractivity contribution < 1.29 is 19.5 Å². The summed E-state index contributed by atoms with van der Waals surface area (Å²) in [6, 6.07) is 0. The van der Waals surface area contributed by atoms with Crippen LogP contribution in [0.15, 0.2) is 5.16 Å². The number of hydrogen-bond donors (Lipinski definition) is 3. The Kier molecular flexibility index (Phi) is 9.33. The zero-order chi connectivity index (χ0) is 12.2. The summed E-state index contributed by atoms with van der Waals surface area (Å²) in [5.74, 6) is -0.374. The molecule has 16 heavy (non-hydrogen) atoms. The average Bonchev–Trinajstić information content (AvgIpc) is 2.27. The second kappa shape index (κ2) is 10.2. The maximum atomic E-state index is 11.1. The normalized spacial score (nSPS) is 11.4. The summed E-state index contributed by atoms with van der Waals surface area (Å²) in [7, 11) is 1.61. The number of ether oxygens (including phenoxy) is 2. The molecule has 7 nitrogen and oxygen atoms in total. The summed E-state index contributed by atoms with van der Waals surface area (Å²) in [5.41, 5.74) is 5.16. The van der Waals surface area contributed by atoms with Crippen LogP contribution in [0.2, 0.25) is 0 Å². The fourth-order valence-electron chi connectivity index (χ4n) is 0.909. The number of hydrogen-bond acceptors (Lipinski definition) is 5. The lowest BCUT2D eigenvalue weighted by Gasteiger charge is -2.05. The van der Waals surface area contributed by atoms with E-state index in [0.717, 1.165) is 0 Å². The lowest BCUT2D eigenvalue weighted by Crippen LogP contribution is -2.29. The van der Waals surface area contributed by atoms with Gasteiger partial charge in [-0.3, -0.25) is 4.79 Å². The van der Waals surface area contributed by atoms with E-state index in [2.05, 4.69) is 10.5 Å². The topological polar surface area (TPSA) is 106 Å². The fourth-order valence-corrected chi connectivity index (χ4v) is 0.909. The smallest absolute Gasteiger partial charge is 0.227 e. The van der Waals surface area contributed by atoms with Crippen molar-refractivity contribution in [3.05, 3.63) is 0 Å². The van der Waals surface area contributed by atoms with Crippen LogP contribution in [-0.4, -0.2) is 50.4 Å². The third-order valence-corrected chi connectivity index (χ3v) is 1.69. The molecule has 0 rings (SSSR count). The Morgan fingerprint density at radius 1 is 1.44 bits per heavy atom. The van der Waals surface area contributed by atoms with Crippen molar-refractivity contribution in [1.29, 1.82) is 0 Å². The summed E-state index contributed by atoms with van der Waals surface area (Å²) < 4.78 is 9.99. The minimum absolute atomic E-state index is 0.0962. The number of nitrogens with zero attached hydrogens (tertiary/aromatic N) is 1. The number of amides is 1. The molecule has 0 aliphatic carbocycles. The summed E-state index contributed by atoms with van der Waals surface area (Å²) >= 11 is 0. The molecule has 0 spiro atoms. The van der Waals surface area contributed by atoms with E-state index in [9.17, 15) is 4.79 Å². The van der Waals surface area contributed by atoms with E-state index in [-0.39, 0.29) is 18.2 Å². The number of carbonyl (C=O) groups excluding carboxylic acids is 1. The number of oxime groups is 1. The molecule has 0 aliphatic rings. The first kappa shape index (κ1) is 14.7. The molecule has 0 bridgehead atoms. The molecule has 0 fully saturated rings. The Morgan fingerprint density at radius 3 is 2.81 bits per heavy atom. The summed E-state index contributed by atoms with van der Waals surface area (Å²) in [6.07, 6.45) is 0.618. The molecule has 0 aromatic heterocycles. The van der Waals surface area contributed by atoms with E-state index in [4.69, 9.17) is 20.4 Å². The van der Waals surface area contributed by atoms with Crippen LogP contribution < -0.4 is 11.1 Å². The predicted octanol–water partition coefficient (Wildman–Crippen LogP) is -0.708. The highest BCUT2D eigenvalue weighted by atomic mass is 16.5. The molecule has 0 unspecified atom stereocenters. The molecular weight excluding hydrogens is 214 g/mol. The third-order valence-electron chi connectivity index (χ3n) is 1.69. The highest BCUT2D eigenvalue weighted by molar-refractivity contribution is 5.98. The SMILES string of the molecule is COCCOCCCNC(=O)CC(N)=NO. The van der Waals surface area contributed by atoms with E-state index in [0.29, 0.717) is 32.8 Å². The first-order valence-electron chi connectivity index (χ1n) is 5.00. The van der Waals surface area contributed by atoms with Gasteiger partial charge < -0.3 is 25.7 Å². The second-order valence-corrected chi connectivity index (χ2v) is 3.08. The zero-order valence-electron chi connectivity index (χ0n) is 9.44. The Labute approximate surface area is 94.6 Å². The van der Waals surface area contributed by atoms with Gasteiger partial charge in [-0.2, -0.15) is 0 Å². The van der Waals surface area contributed by atoms with E-state index < -0.39 is 0 Å². The van der Waals surface area contributed by atoms with Crippen molar-refractivity contribution in [2.75, 3.05) is 33.5 Å². The Bertz CT molecular complexity index is 221. The zero-order valence-corrected chi connectivity index (χ0v) is 9.44. The average molecular weight is 233 g/mol. The lowest BCUT2D eigenvalue weighted by molar-refractivity contribution is -0.120. The number of rotatable bonds is 9. The van der Waals surface area contributed by atoms with E-state index in [1.165, 1.54) is 0 Å². The first-order chi connectivity index (χ1) is 7.70. The minimum atomic E-state index is -0.271. The van der Waals surface area contributed by atoms with Gasteiger partial charge in [0.1, 0.15) is 5.84 Å². The van der Waals surface area contributed by atoms with Crippen molar-refractivity contribution in [3.63, 3.8) is 0 Å². The van der Waals surface area contributed by atoms with Gasteiger partial charge in [0, 0.05) is 20.3 Å². The van der Waals surface area contributed by atoms with Crippen molar-refractivity contribution in [2.45, 2.75) is 12.8 Å². The molecule has 4 N–H and O–H groups in total. The van der Waals surface area contributed by atoms with Crippen LogP contribution in [0.1, 0.15) is 12.8 Å². The van der Waals surface area contributed by atoms with Crippen molar-refractivity contribution in [3.8, 4) is 0 Å². The van der Waals surface area contributed by atoms with E-state index >= 15 is 0 Å². The molecule has 7 heteroatoms. The second-order valence-electron chi connectivity index (χ2n) is 3.08. The van der Waals surface area contributed by atoms with E-state index in [1.807, 2.05) is 0 Å². The van der Waals surface area contributed by atoms with Gasteiger partial charge in [-0.15, -0.1) is 0 Å². The molecule has 94 valence electrons. The monoisotopic (exact) mass is 233 g/mol. The van der Waals surface area contributed by atoms with Gasteiger partial charge >= 0.3 is 0 Å². The molecule has 0 radical (unpaired) electrons. The lowest BCUT2D eigenvalue weighted by atomic mass is 10.3. The van der Waals surface area contributed by atoms with Crippen molar-refractivity contribution >= 4 is 11.7 Å². The minimum Gasteiger partial charge on any atom is -0.409 e. The van der Waals surface area contributed by atoms with Crippen LogP contribution in [0, 0.1) is 0 Å². The highest BCUT2D eigenvalue weighted by Crippen LogP contribution is 1.84. The molecular formula is C9H19N3O4. The Morgan fingerprint density at radius 2 is 2.19 bits per heavy atom. The number of nitrogens with two attached hydrogens (primary N) is 1. The molecule has 1 amide bonds. The highest BCUT2D eigenvalue weighted by Gasteiger charge is 2.03. The Hall–Kier alpha value is -1.34. The maximum absolute atomic E-state index is 11.1. The van der Waals surface area contributed by atoms with Crippen LogP contribution >= 0.6 is 0 Å². The predicted molar refractivity (Wildman–Crippen MR) is 58.3 cm³/mol. The summed E-state index contributed by atoms with van der Waals surface area (Å²) in [6.45, 7) is 2.18. The van der Waals surface area contributed by atoms with Gasteiger partial charge in [0.15, 0.2) is 0 Å². The van der Waals surface area contributed by atoms with Crippen molar-refractivity contribution in [2.24, 2.45) is 10.9 Å². The van der Waals surface area contributed by atoms with Crippen LogP contribution in [0.4, 0.5) is 0 Å². The molecule has 0 atom stereocenters. The van der Waals surface area contributed by atoms with E-state index in [1.54, 1.807) is 7.11 Å². The van der Waals surface area contributed by atoms with Gasteiger partial charge in [0.05, 0.1) is 19.6 Å². The Balaban J connectivity index is 3.28. The first-order valence-corrected chi connectivity index (χ1v) is 5.00. The van der Waals surface area contributed by atoms with Gasteiger partial charge in [-0.1, -0.05) is 5.16 Å². The number of carbonyl (C=O) groups is 1. The summed E-state index contributed by atoms with van der Waals surface area (Å²) in [5, 5.41) is 13.5. The molecule has 0 heterocycles. The number of methoxy groups -OCH3 is 1. The van der Waals surface area contributed by atoms with Crippen molar-refractivity contribution in [1.82, 2.24) is 5.32 Å². The molecule has 0 aliphatic heterocycles. The van der Waals surface area contributed by atoms with Crippen LogP contribution in [0.3, 0.4) is 0 Å². The third kappa shape index (κ3) is 9.22.